The van der Waals surface area contributed by atoms with Crippen molar-refractivity contribution in [3.63, 3.8) is 0 Å². The van der Waals surface area contributed by atoms with Crippen LogP contribution in [0.1, 0.15) is 25.7 Å². The Morgan fingerprint density at radius 1 is 1.33 bits per heavy atom. The number of hydrogen-bond donors (Lipinski definition) is 2. The van der Waals surface area contributed by atoms with Gasteiger partial charge in [-0.1, -0.05) is 16.8 Å². The number of aromatic nitrogens is 1. The molecule has 0 bridgehead atoms. The number of halogens is 1. The van der Waals surface area contributed by atoms with Gasteiger partial charge in [0.2, 0.25) is 5.91 Å². The van der Waals surface area contributed by atoms with E-state index in [9.17, 15) is 15.0 Å². The van der Waals surface area contributed by atoms with Crippen LogP contribution in [0.5, 0.6) is 0 Å². The third-order valence-electron chi connectivity index (χ3n) is 5.72. The zero-order valence-corrected chi connectivity index (χ0v) is 15.9. The van der Waals surface area contributed by atoms with E-state index in [0.29, 0.717) is 43.1 Å². The second-order valence-corrected chi connectivity index (χ2v) is 8.09. The highest BCUT2D eigenvalue weighted by Crippen LogP contribution is 2.32. The van der Waals surface area contributed by atoms with E-state index in [4.69, 9.17) is 16.1 Å². The van der Waals surface area contributed by atoms with Crippen molar-refractivity contribution in [1.29, 1.82) is 0 Å². The Labute approximate surface area is 162 Å². The van der Waals surface area contributed by atoms with Gasteiger partial charge in [-0.05, 0) is 43.9 Å². The SMILES string of the molecule is O=C(C1CCN(c2noc3ccc(Cl)cc23)CC1)N1CCCC(O)(CO)C1. The smallest absolute Gasteiger partial charge is 0.225 e. The first-order chi connectivity index (χ1) is 13.0. The van der Waals surface area contributed by atoms with Gasteiger partial charge in [0.25, 0.3) is 0 Å². The summed E-state index contributed by atoms with van der Waals surface area (Å²) in [7, 11) is 0. The van der Waals surface area contributed by atoms with Gasteiger partial charge in [0, 0.05) is 30.6 Å². The van der Waals surface area contributed by atoms with E-state index >= 15 is 0 Å². The molecule has 2 aliphatic heterocycles. The summed E-state index contributed by atoms with van der Waals surface area (Å²) in [5, 5.41) is 25.4. The highest BCUT2D eigenvalue weighted by Gasteiger charge is 2.37. The van der Waals surface area contributed by atoms with Crippen molar-refractivity contribution in [3.05, 3.63) is 23.2 Å². The van der Waals surface area contributed by atoms with Crippen molar-refractivity contribution in [2.75, 3.05) is 37.7 Å². The Hall–Kier alpha value is -1.83. The standard InChI is InChI=1S/C19H24ClN3O4/c20-14-2-3-16-15(10-14)17(21-27-16)22-8-4-13(5-9-22)18(25)23-7-1-6-19(26,11-23)12-24/h2-3,10,13,24,26H,1,4-9,11-12H2. The molecule has 2 N–H and O–H groups in total. The van der Waals surface area contributed by atoms with Gasteiger partial charge in [0.05, 0.1) is 18.5 Å². The van der Waals surface area contributed by atoms with Gasteiger partial charge < -0.3 is 24.5 Å². The number of piperidine rings is 2. The molecular formula is C19H24ClN3O4. The van der Waals surface area contributed by atoms with E-state index in [-0.39, 0.29) is 25.0 Å². The third kappa shape index (κ3) is 3.63. The van der Waals surface area contributed by atoms with E-state index in [2.05, 4.69) is 10.1 Å². The summed E-state index contributed by atoms with van der Waals surface area (Å²) in [5.74, 6) is 0.782. The van der Waals surface area contributed by atoms with E-state index in [1.165, 1.54) is 0 Å². The predicted octanol–water partition coefficient (Wildman–Crippen LogP) is 2.04. The summed E-state index contributed by atoms with van der Waals surface area (Å²) in [6, 6.07) is 5.43. The quantitative estimate of drug-likeness (QED) is 0.829. The first-order valence-electron chi connectivity index (χ1n) is 9.41. The Kier molecular flexibility index (Phi) is 5.01. The minimum atomic E-state index is -1.16. The van der Waals surface area contributed by atoms with Gasteiger partial charge in [-0.15, -0.1) is 0 Å². The van der Waals surface area contributed by atoms with Crippen molar-refractivity contribution in [2.24, 2.45) is 5.92 Å². The summed E-state index contributed by atoms with van der Waals surface area (Å²) in [5.41, 5.74) is -0.461. The molecule has 146 valence electrons. The number of rotatable bonds is 3. The molecule has 1 aromatic heterocycles. The summed E-state index contributed by atoms with van der Waals surface area (Å²) in [6.07, 6.45) is 2.70. The van der Waals surface area contributed by atoms with E-state index in [1.807, 2.05) is 12.1 Å². The largest absolute Gasteiger partial charge is 0.393 e. The van der Waals surface area contributed by atoms with E-state index in [0.717, 1.165) is 24.0 Å². The van der Waals surface area contributed by atoms with E-state index in [1.54, 1.807) is 11.0 Å². The number of carbonyl (C=O) groups is 1. The molecule has 0 aliphatic carbocycles. The van der Waals surface area contributed by atoms with Gasteiger partial charge in [-0.3, -0.25) is 4.79 Å². The van der Waals surface area contributed by atoms with Crippen LogP contribution >= 0.6 is 11.6 Å². The van der Waals surface area contributed by atoms with Crippen molar-refractivity contribution in [2.45, 2.75) is 31.3 Å². The number of aliphatic hydroxyl groups is 2. The number of benzene rings is 1. The van der Waals surface area contributed by atoms with Crippen molar-refractivity contribution in [1.82, 2.24) is 10.1 Å². The average Bonchev–Trinajstić information content (AvgIpc) is 3.10. The summed E-state index contributed by atoms with van der Waals surface area (Å²) in [4.78, 5) is 16.7. The Morgan fingerprint density at radius 2 is 2.11 bits per heavy atom. The molecule has 0 saturated carbocycles. The lowest BCUT2D eigenvalue weighted by atomic mass is 9.90. The fourth-order valence-corrected chi connectivity index (χ4v) is 4.32. The first kappa shape index (κ1) is 18.5. The lowest BCUT2D eigenvalue weighted by Gasteiger charge is -2.41. The Bertz CT molecular complexity index is 833. The first-order valence-corrected chi connectivity index (χ1v) is 9.79. The summed E-state index contributed by atoms with van der Waals surface area (Å²) >= 11 is 6.10. The van der Waals surface area contributed by atoms with Crippen molar-refractivity contribution >= 4 is 34.3 Å². The molecule has 8 heteroatoms. The third-order valence-corrected chi connectivity index (χ3v) is 5.95. The molecule has 0 spiro atoms. The number of anilines is 1. The molecule has 27 heavy (non-hydrogen) atoms. The van der Waals surface area contributed by atoms with Crippen LogP contribution in [0, 0.1) is 5.92 Å². The second-order valence-electron chi connectivity index (χ2n) is 7.65. The average molecular weight is 394 g/mol. The van der Waals surface area contributed by atoms with Gasteiger partial charge in [0.1, 0.15) is 5.60 Å². The van der Waals surface area contributed by atoms with Crippen LogP contribution in [-0.2, 0) is 4.79 Å². The number of fused-ring (bicyclic) bond motifs is 1. The fraction of sp³-hybridized carbons (Fsp3) is 0.579. The number of amides is 1. The maximum atomic E-state index is 12.9. The molecule has 3 heterocycles. The molecule has 0 radical (unpaired) electrons. The molecule has 2 saturated heterocycles. The van der Waals surface area contributed by atoms with Crippen LogP contribution in [0.15, 0.2) is 22.7 Å². The highest BCUT2D eigenvalue weighted by atomic mass is 35.5. The maximum absolute atomic E-state index is 12.9. The molecule has 7 nitrogen and oxygen atoms in total. The minimum absolute atomic E-state index is 0.0657. The fourth-order valence-electron chi connectivity index (χ4n) is 4.15. The molecule has 2 aromatic rings. The van der Waals surface area contributed by atoms with Crippen LogP contribution in [-0.4, -0.2) is 64.6 Å². The van der Waals surface area contributed by atoms with Crippen LogP contribution in [0.25, 0.3) is 11.0 Å². The predicted molar refractivity (Wildman–Crippen MR) is 102 cm³/mol. The number of β-amino-alcohol motifs (C(OH)–C–C–N with tert-alkyl or cyclic N) is 1. The van der Waals surface area contributed by atoms with Gasteiger partial charge in [-0.25, -0.2) is 0 Å². The molecule has 4 rings (SSSR count). The van der Waals surface area contributed by atoms with Crippen LogP contribution in [0.4, 0.5) is 5.82 Å². The van der Waals surface area contributed by atoms with Crippen molar-refractivity contribution in [3.8, 4) is 0 Å². The van der Waals surface area contributed by atoms with Crippen LogP contribution in [0.2, 0.25) is 5.02 Å². The molecule has 1 amide bonds. The molecular weight excluding hydrogens is 370 g/mol. The molecule has 1 atom stereocenters. The van der Waals surface area contributed by atoms with Crippen LogP contribution < -0.4 is 4.90 Å². The minimum Gasteiger partial charge on any atom is -0.393 e. The number of nitrogens with zero attached hydrogens (tertiary/aromatic N) is 3. The zero-order valence-electron chi connectivity index (χ0n) is 15.1. The van der Waals surface area contributed by atoms with Gasteiger partial charge in [0.15, 0.2) is 11.4 Å². The molecule has 2 fully saturated rings. The van der Waals surface area contributed by atoms with Gasteiger partial charge in [-0.2, -0.15) is 0 Å². The molecule has 1 unspecified atom stereocenters. The molecule has 1 aromatic carbocycles. The lowest BCUT2D eigenvalue weighted by Crippen LogP contribution is -2.54. The zero-order chi connectivity index (χ0) is 19.0. The topological polar surface area (TPSA) is 90.0 Å². The Morgan fingerprint density at radius 3 is 2.85 bits per heavy atom. The Balaban J connectivity index is 1.41. The number of carbonyl (C=O) groups excluding carboxylic acids is 1. The number of aliphatic hydroxyl groups excluding tert-OH is 1. The highest BCUT2D eigenvalue weighted by molar-refractivity contribution is 6.31. The van der Waals surface area contributed by atoms with E-state index < -0.39 is 5.60 Å². The monoisotopic (exact) mass is 393 g/mol. The second kappa shape index (κ2) is 7.30. The summed E-state index contributed by atoms with van der Waals surface area (Å²) in [6.45, 7) is 1.98. The lowest BCUT2D eigenvalue weighted by molar-refractivity contribution is -0.145. The maximum Gasteiger partial charge on any atom is 0.225 e. The normalized spacial score (nSPS) is 24.6. The van der Waals surface area contributed by atoms with Crippen LogP contribution in [0.3, 0.4) is 0 Å². The van der Waals surface area contributed by atoms with Gasteiger partial charge >= 0.3 is 0 Å². The molecule has 2 aliphatic rings. The number of hydrogen-bond acceptors (Lipinski definition) is 6. The number of likely N-dealkylation sites (tertiary alicyclic amines) is 1. The summed E-state index contributed by atoms with van der Waals surface area (Å²) < 4.78 is 5.39. The van der Waals surface area contributed by atoms with Crippen molar-refractivity contribution < 1.29 is 19.5 Å².